The number of anilines is 2. The first-order valence-corrected chi connectivity index (χ1v) is 11.4. The van der Waals surface area contributed by atoms with Gasteiger partial charge in [0.1, 0.15) is 17.9 Å². The van der Waals surface area contributed by atoms with E-state index in [1.807, 2.05) is 0 Å². The number of ether oxygens (including phenoxy) is 3. The van der Waals surface area contributed by atoms with Gasteiger partial charge < -0.3 is 19.5 Å². The van der Waals surface area contributed by atoms with Gasteiger partial charge >= 0.3 is 6.18 Å². The Hall–Kier alpha value is -3.28. The molecule has 0 saturated heterocycles. The molecule has 1 atom stereocenters. The van der Waals surface area contributed by atoms with Crippen LogP contribution >= 0.6 is 0 Å². The van der Waals surface area contributed by atoms with Crippen molar-refractivity contribution in [3.63, 3.8) is 0 Å². The maximum atomic E-state index is 13.1. The first-order chi connectivity index (χ1) is 15.5. The number of hydrogen-bond donors (Lipinski definition) is 1. The number of nitrogens with zero attached hydrogens (tertiary/aromatic N) is 2. The number of fused-ring (bicyclic) bond motifs is 1. The highest BCUT2D eigenvalue weighted by Gasteiger charge is 2.38. The van der Waals surface area contributed by atoms with E-state index in [9.17, 15) is 21.6 Å². The van der Waals surface area contributed by atoms with Gasteiger partial charge in [0.15, 0.2) is 27.4 Å². The average molecular weight is 485 g/mol. The summed E-state index contributed by atoms with van der Waals surface area (Å²) in [5, 5.41) is 3.36. The summed E-state index contributed by atoms with van der Waals surface area (Å²) in [7, 11) is -0.720. The predicted octanol–water partition coefficient (Wildman–Crippen LogP) is 4.51. The van der Waals surface area contributed by atoms with Crippen LogP contribution in [0.15, 0.2) is 41.6 Å². The number of rotatable bonds is 8. The van der Waals surface area contributed by atoms with Crippen LogP contribution in [-0.2, 0) is 9.84 Å². The second kappa shape index (κ2) is 9.30. The predicted molar refractivity (Wildman–Crippen MR) is 116 cm³/mol. The minimum atomic E-state index is -4.61. The molecule has 0 fully saturated rings. The summed E-state index contributed by atoms with van der Waals surface area (Å²) in [6.45, 7) is 2.33. The fourth-order valence-corrected chi connectivity index (χ4v) is 3.84. The van der Waals surface area contributed by atoms with E-state index in [0.717, 1.165) is 6.92 Å². The van der Waals surface area contributed by atoms with Crippen molar-refractivity contribution < 1.29 is 35.8 Å². The molecule has 0 aliphatic rings. The van der Waals surface area contributed by atoms with Gasteiger partial charge in [-0.05, 0) is 31.2 Å². The van der Waals surface area contributed by atoms with Gasteiger partial charge in [-0.1, -0.05) is 6.92 Å². The van der Waals surface area contributed by atoms with Crippen LogP contribution in [0, 0.1) is 0 Å². The number of benzene rings is 2. The zero-order chi connectivity index (χ0) is 24.4. The van der Waals surface area contributed by atoms with E-state index in [1.54, 1.807) is 12.1 Å². The number of aromatic nitrogens is 2. The van der Waals surface area contributed by atoms with E-state index in [-0.39, 0.29) is 27.9 Å². The zero-order valence-electron chi connectivity index (χ0n) is 18.2. The summed E-state index contributed by atoms with van der Waals surface area (Å²) in [5.41, 5.74) is 0.462. The third kappa shape index (κ3) is 5.21. The molecule has 1 heterocycles. The zero-order valence-corrected chi connectivity index (χ0v) is 19.0. The van der Waals surface area contributed by atoms with Crippen molar-refractivity contribution in [3.05, 3.63) is 36.7 Å². The normalized spacial score (nSPS) is 12.9. The van der Waals surface area contributed by atoms with Crippen molar-refractivity contribution >= 4 is 32.2 Å². The van der Waals surface area contributed by atoms with Gasteiger partial charge in [-0.3, -0.25) is 0 Å². The maximum absolute atomic E-state index is 13.1. The molecule has 8 nitrogen and oxygen atoms in total. The van der Waals surface area contributed by atoms with Gasteiger partial charge in [-0.2, -0.15) is 13.2 Å². The Labute approximate surface area is 188 Å². The largest absolute Gasteiger partial charge is 0.493 e. The molecule has 0 bridgehead atoms. The summed E-state index contributed by atoms with van der Waals surface area (Å²) >= 11 is 0. The van der Waals surface area contributed by atoms with Crippen LogP contribution in [0.25, 0.3) is 10.9 Å². The van der Waals surface area contributed by atoms with Crippen molar-refractivity contribution in [3.8, 4) is 17.2 Å². The lowest BCUT2D eigenvalue weighted by Gasteiger charge is -2.21. The number of halogens is 3. The monoisotopic (exact) mass is 485 g/mol. The van der Waals surface area contributed by atoms with Crippen LogP contribution in [0.2, 0.25) is 0 Å². The Morgan fingerprint density at radius 2 is 1.70 bits per heavy atom. The second-order valence-corrected chi connectivity index (χ2v) is 9.21. The number of sulfone groups is 1. The summed E-state index contributed by atoms with van der Waals surface area (Å²) in [6, 6.07) is 6.81. The summed E-state index contributed by atoms with van der Waals surface area (Å²) in [6.07, 6.45) is -5.49. The smallest absolute Gasteiger partial charge is 0.425 e. The fraction of sp³-hybridized carbons (Fsp3) is 0.333. The second-order valence-electron chi connectivity index (χ2n) is 6.93. The lowest BCUT2D eigenvalue weighted by Crippen LogP contribution is -2.31. The summed E-state index contributed by atoms with van der Waals surface area (Å²) in [5.74, 6) is 0.638. The molecule has 3 aromatic rings. The van der Waals surface area contributed by atoms with Gasteiger partial charge in [0.2, 0.25) is 0 Å². The van der Waals surface area contributed by atoms with Crippen LogP contribution in [0.1, 0.15) is 13.8 Å². The molecule has 2 aromatic carbocycles. The Morgan fingerprint density at radius 1 is 1.03 bits per heavy atom. The fourth-order valence-electron chi connectivity index (χ4n) is 2.94. The third-order valence-corrected chi connectivity index (χ3v) is 6.58. The van der Waals surface area contributed by atoms with Crippen LogP contribution in [-0.4, -0.2) is 50.6 Å². The van der Waals surface area contributed by atoms with Crippen molar-refractivity contribution in [2.24, 2.45) is 0 Å². The standard InChI is InChI=1S/C21H22F3N3O5S/c1-5-33(28,29)13-6-7-17(32-12(2)21(22,23)24)16(8-13)27-20-14-9-18(30-3)19(31-4)10-15(14)25-11-26-20/h6-12H,5H2,1-4H3,(H,25,26,27). The van der Waals surface area contributed by atoms with Crippen LogP contribution in [0.4, 0.5) is 24.7 Å². The van der Waals surface area contributed by atoms with Gasteiger partial charge in [-0.15, -0.1) is 0 Å². The molecule has 0 aliphatic carbocycles. The van der Waals surface area contributed by atoms with Crippen molar-refractivity contribution in [1.82, 2.24) is 9.97 Å². The topological polar surface area (TPSA) is 99.6 Å². The van der Waals surface area contributed by atoms with Crippen molar-refractivity contribution in [2.45, 2.75) is 31.0 Å². The molecule has 12 heteroatoms. The molecule has 1 aromatic heterocycles. The molecule has 33 heavy (non-hydrogen) atoms. The van der Waals surface area contributed by atoms with E-state index < -0.39 is 22.1 Å². The Bertz CT molecular complexity index is 1270. The summed E-state index contributed by atoms with van der Waals surface area (Å²) < 4.78 is 79.7. The van der Waals surface area contributed by atoms with E-state index in [0.29, 0.717) is 22.4 Å². The molecule has 0 amide bonds. The highest BCUT2D eigenvalue weighted by molar-refractivity contribution is 7.91. The first-order valence-electron chi connectivity index (χ1n) is 9.74. The van der Waals surface area contributed by atoms with Crippen molar-refractivity contribution in [2.75, 3.05) is 25.3 Å². The Kier molecular flexibility index (Phi) is 6.86. The number of nitrogens with one attached hydrogen (secondary N) is 1. The van der Waals surface area contributed by atoms with Crippen LogP contribution < -0.4 is 19.5 Å². The lowest BCUT2D eigenvalue weighted by atomic mass is 10.2. The number of hydrogen-bond acceptors (Lipinski definition) is 8. The molecule has 3 rings (SSSR count). The first kappa shape index (κ1) is 24.4. The average Bonchev–Trinajstić information content (AvgIpc) is 2.78. The lowest BCUT2D eigenvalue weighted by molar-refractivity contribution is -0.189. The van der Waals surface area contributed by atoms with Gasteiger partial charge in [0.25, 0.3) is 0 Å². The highest BCUT2D eigenvalue weighted by atomic mass is 32.2. The quantitative estimate of drug-likeness (QED) is 0.498. The van der Waals surface area contributed by atoms with Crippen LogP contribution in [0.3, 0.4) is 0 Å². The van der Waals surface area contributed by atoms with E-state index >= 15 is 0 Å². The number of methoxy groups -OCH3 is 2. The summed E-state index contributed by atoms with van der Waals surface area (Å²) in [4.78, 5) is 8.27. The molecule has 0 spiro atoms. The minimum absolute atomic E-state index is 0.00425. The molecule has 178 valence electrons. The van der Waals surface area contributed by atoms with Crippen molar-refractivity contribution in [1.29, 1.82) is 0 Å². The third-order valence-electron chi connectivity index (χ3n) is 4.85. The Balaban J connectivity index is 2.14. The van der Waals surface area contributed by atoms with E-state index in [4.69, 9.17) is 14.2 Å². The van der Waals surface area contributed by atoms with E-state index in [1.165, 1.54) is 45.7 Å². The van der Waals surface area contributed by atoms with Gasteiger partial charge in [0, 0.05) is 11.5 Å². The highest BCUT2D eigenvalue weighted by Crippen LogP contribution is 2.37. The molecule has 0 aliphatic heterocycles. The molecular weight excluding hydrogens is 463 g/mol. The Morgan fingerprint density at radius 3 is 2.30 bits per heavy atom. The molecule has 1 N–H and O–H groups in total. The molecular formula is C21H22F3N3O5S. The van der Waals surface area contributed by atoms with E-state index in [2.05, 4.69) is 15.3 Å². The maximum Gasteiger partial charge on any atom is 0.425 e. The van der Waals surface area contributed by atoms with Crippen LogP contribution in [0.5, 0.6) is 17.2 Å². The molecule has 0 radical (unpaired) electrons. The molecule has 1 unspecified atom stereocenters. The SMILES string of the molecule is CCS(=O)(=O)c1ccc(OC(C)C(F)(F)F)c(Nc2ncnc3cc(OC)c(OC)cc23)c1. The van der Waals surface area contributed by atoms with Gasteiger partial charge in [-0.25, -0.2) is 18.4 Å². The van der Waals surface area contributed by atoms with Gasteiger partial charge in [0.05, 0.1) is 36.1 Å². The minimum Gasteiger partial charge on any atom is -0.493 e. The number of alkyl halides is 3. The molecule has 0 saturated carbocycles.